The number of amides is 1. The first-order valence-electron chi connectivity index (χ1n) is 11.8. The van der Waals surface area contributed by atoms with Crippen molar-refractivity contribution >= 4 is 52.1 Å². The minimum Gasteiger partial charge on any atom is -0.459 e. The average molecular weight is 551 g/mol. The maximum atomic E-state index is 12.7. The molecule has 1 aliphatic rings. The Morgan fingerprint density at radius 3 is 2.65 bits per heavy atom. The Kier molecular flexibility index (Phi) is 7.46. The molecule has 4 aromatic rings. The number of aryl methyl sites for hydroxylation is 1. The summed E-state index contributed by atoms with van der Waals surface area (Å²) < 4.78 is 6.32. The zero-order valence-corrected chi connectivity index (χ0v) is 22.3. The predicted octanol–water partition coefficient (Wildman–Crippen LogP) is 6.96. The molecule has 2 N–H and O–H groups in total. The van der Waals surface area contributed by atoms with Gasteiger partial charge in [0.15, 0.2) is 5.11 Å². The zero-order chi connectivity index (χ0) is 25.9. The van der Waals surface area contributed by atoms with Gasteiger partial charge in [0.05, 0.1) is 16.8 Å². The Morgan fingerprint density at radius 1 is 1.11 bits per heavy atom. The van der Waals surface area contributed by atoms with E-state index >= 15 is 0 Å². The summed E-state index contributed by atoms with van der Waals surface area (Å²) in [6, 6.07) is 22.0. The minimum atomic E-state index is -0.311. The van der Waals surface area contributed by atoms with Crippen molar-refractivity contribution in [3.63, 3.8) is 0 Å². The second kappa shape index (κ2) is 10.9. The summed E-state index contributed by atoms with van der Waals surface area (Å²) in [5.41, 5.74) is 3.46. The van der Waals surface area contributed by atoms with E-state index in [1.165, 1.54) is 0 Å². The van der Waals surface area contributed by atoms with E-state index in [0.29, 0.717) is 33.2 Å². The number of aromatic nitrogens is 1. The Morgan fingerprint density at radius 2 is 1.92 bits per heavy atom. The van der Waals surface area contributed by atoms with Crippen LogP contribution < -0.4 is 10.6 Å². The molecule has 1 fully saturated rings. The summed E-state index contributed by atoms with van der Waals surface area (Å²) in [6.45, 7) is 2.40. The van der Waals surface area contributed by atoms with Crippen LogP contribution in [-0.4, -0.2) is 27.4 Å². The minimum absolute atomic E-state index is 0.0974. The number of rotatable bonds is 7. The van der Waals surface area contributed by atoms with E-state index in [9.17, 15) is 4.79 Å². The highest BCUT2D eigenvalue weighted by Gasteiger charge is 2.41. The average Bonchev–Trinajstić information content (AvgIpc) is 3.49. The largest absolute Gasteiger partial charge is 0.459 e. The van der Waals surface area contributed by atoms with Crippen LogP contribution in [0.3, 0.4) is 0 Å². The van der Waals surface area contributed by atoms with Crippen LogP contribution in [0, 0.1) is 6.92 Å². The molecule has 1 saturated heterocycles. The van der Waals surface area contributed by atoms with Gasteiger partial charge in [0.25, 0.3) is 0 Å². The number of furan rings is 1. The van der Waals surface area contributed by atoms with Crippen molar-refractivity contribution in [3.8, 4) is 11.3 Å². The maximum absolute atomic E-state index is 12.7. The number of hydrogen-bond acceptors (Lipinski definition) is 4. The van der Waals surface area contributed by atoms with Gasteiger partial charge >= 0.3 is 0 Å². The normalized spacial score (nSPS) is 17.1. The molecule has 2 atom stereocenters. The number of pyridine rings is 1. The standard InChI is InChI=1S/C28H24Cl2N4O2S/c1-17-5-8-19(9-6-17)32-25(35)13-15-34-27(26(33-28(34)37)22-4-2-3-14-31-22)24-12-11-23(36-24)20-10-7-18(29)16-21(20)30/h2-12,14,16,26-27H,13,15H2,1H3,(H,32,35)(H,33,37)/t26-,27+/m1/s1. The van der Waals surface area contributed by atoms with Crippen LogP contribution in [0.25, 0.3) is 11.3 Å². The molecule has 0 radical (unpaired) electrons. The van der Waals surface area contributed by atoms with Crippen LogP contribution in [0.5, 0.6) is 0 Å². The second-order valence-electron chi connectivity index (χ2n) is 8.81. The molecule has 0 spiro atoms. The summed E-state index contributed by atoms with van der Waals surface area (Å²) >= 11 is 18.2. The van der Waals surface area contributed by atoms with E-state index in [0.717, 1.165) is 22.5 Å². The molecule has 188 valence electrons. The number of nitrogens with one attached hydrogen (secondary N) is 2. The fourth-order valence-corrected chi connectivity index (χ4v) is 5.22. The third-order valence-electron chi connectivity index (χ3n) is 6.23. The van der Waals surface area contributed by atoms with E-state index in [1.807, 2.05) is 72.5 Å². The van der Waals surface area contributed by atoms with Crippen molar-refractivity contribution in [1.29, 1.82) is 0 Å². The number of thiocarbonyl (C=S) groups is 1. The van der Waals surface area contributed by atoms with Gasteiger partial charge in [-0.2, -0.15) is 0 Å². The fourth-order valence-electron chi connectivity index (χ4n) is 4.38. The highest BCUT2D eigenvalue weighted by atomic mass is 35.5. The summed E-state index contributed by atoms with van der Waals surface area (Å²) in [4.78, 5) is 19.3. The van der Waals surface area contributed by atoms with Crippen LogP contribution in [0.2, 0.25) is 10.0 Å². The lowest BCUT2D eigenvalue weighted by Crippen LogP contribution is -2.32. The smallest absolute Gasteiger partial charge is 0.226 e. The first kappa shape index (κ1) is 25.3. The van der Waals surface area contributed by atoms with Gasteiger partial charge in [0.2, 0.25) is 5.91 Å². The molecule has 2 aromatic carbocycles. The fraction of sp³-hybridized carbons (Fsp3) is 0.179. The molecule has 6 nitrogen and oxygen atoms in total. The number of carbonyl (C=O) groups excluding carboxylic acids is 1. The molecule has 1 amide bonds. The van der Waals surface area contributed by atoms with Crippen molar-refractivity contribution in [2.45, 2.75) is 25.4 Å². The lowest BCUT2D eigenvalue weighted by molar-refractivity contribution is -0.116. The van der Waals surface area contributed by atoms with Gasteiger partial charge in [-0.1, -0.05) is 47.0 Å². The Labute approximate surface area is 230 Å². The molecule has 1 aliphatic heterocycles. The zero-order valence-electron chi connectivity index (χ0n) is 19.9. The highest BCUT2D eigenvalue weighted by Crippen LogP contribution is 2.41. The van der Waals surface area contributed by atoms with Gasteiger partial charge in [-0.15, -0.1) is 0 Å². The second-order valence-corrected chi connectivity index (χ2v) is 10.0. The molecular weight excluding hydrogens is 527 g/mol. The van der Waals surface area contributed by atoms with Crippen molar-refractivity contribution < 1.29 is 9.21 Å². The molecule has 0 aliphatic carbocycles. The molecule has 2 aromatic heterocycles. The Bertz CT molecular complexity index is 1430. The number of anilines is 1. The predicted molar refractivity (Wildman–Crippen MR) is 151 cm³/mol. The Balaban J connectivity index is 1.40. The number of carbonyl (C=O) groups is 1. The van der Waals surface area contributed by atoms with Gasteiger partial charge < -0.3 is 20.0 Å². The van der Waals surface area contributed by atoms with Crippen LogP contribution >= 0.6 is 35.4 Å². The van der Waals surface area contributed by atoms with E-state index in [1.54, 1.807) is 18.3 Å². The van der Waals surface area contributed by atoms with Crippen molar-refractivity contribution in [2.24, 2.45) is 0 Å². The maximum Gasteiger partial charge on any atom is 0.226 e. The van der Waals surface area contributed by atoms with Crippen molar-refractivity contribution in [2.75, 3.05) is 11.9 Å². The number of hydrogen-bond donors (Lipinski definition) is 2. The summed E-state index contributed by atoms with van der Waals surface area (Å²) in [5, 5.41) is 7.91. The van der Waals surface area contributed by atoms with E-state index in [-0.39, 0.29) is 24.4 Å². The summed E-state index contributed by atoms with van der Waals surface area (Å²) in [7, 11) is 0. The van der Waals surface area contributed by atoms with Crippen LogP contribution in [0.1, 0.15) is 35.5 Å². The first-order valence-corrected chi connectivity index (χ1v) is 13.0. The number of nitrogens with zero attached hydrogens (tertiary/aromatic N) is 2. The summed E-state index contributed by atoms with van der Waals surface area (Å²) in [5.74, 6) is 1.20. The first-order chi connectivity index (χ1) is 17.9. The van der Waals surface area contributed by atoms with Gasteiger partial charge in [0, 0.05) is 35.4 Å². The lowest BCUT2D eigenvalue weighted by Gasteiger charge is -2.25. The van der Waals surface area contributed by atoms with Gasteiger partial charge in [-0.05, 0) is 73.7 Å². The van der Waals surface area contributed by atoms with Crippen molar-refractivity contribution in [3.05, 3.63) is 106 Å². The Hall–Kier alpha value is -3.39. The molecule has 3 heterocycles. The molecule has 5 rings (SSSR count). The monoisotopic (exact) mass is 550 g/mol. The topological polar surface area (TPSA) is 70.4 Å². The van der Waals surface area contributed by atoms with Crippen LogP contribution in [-0.2, 0) is 4.79 Å². The third-order valence-corrected chi connectivity index (χ3v) is 7.13. The third kappa shape index (κ3) is 5.64. The van der Waals surface area contributed by atoms with Crippen LogP contribution in [0.4, 0.5) is 5.69 Å². The molecule has 0 saturated carbocycles. The number of halogens is 2. The van der Waals surface area contributed by atoms with Gasteiger partial charge in [-0.25, -0.2) is 0 Å². The van der Waals surface area contributed by atoms with Crippen molar-refractivity contribution in [1.82, 2.24) is 15.2 Å². The molecule has 0 unspecified atom stereocenters. The van der Waals surface area contributed by atoms with E-state index in [4.69, 9.17) is 39.8 Å². The molecule has 37 heavy (non-hydrogen) atoms. The SMILES string of the molecule is Cc1ccc(NC(=O)CCN2C(=S)N[C@H](c3ccccn3)[C@@H]2c2ccc(-c3ccc(Cl)cc3Cl)o2)cc1. The summed E-state index contributed by atoms with van der Waals surface area (Å²) in [6.07, 6.45) is 1.99. The molecule has 9 heteroatoms. The lowest BCUT2D eigenvalue weighted by atomic mass is 10.0. The van der Waals surface area contributed by atoms with Gasteiger partial charge in [-0.3, -0.25) is 9.78 Å². The van der Waals surface area contributed by atoms with E-state index in [2.05, 4.69) is 15.6 Å². The highest BCUT2D eigenvalue weighted by molar-refractivity contribution is 7.80. The van der Waals surface area contributed by atoms with Gasteiger partial charge in [0.1, 0.15) is 17.6 Å². The van der Waals surface area contributed by atoms with E-state index < -0.39 is 0 Å². The van der Waals surface area contributed by atoms with Crippen LogP contribution in [0.15, 0.2) is 83.4 Å². The quantitative estimate of drug-likeness (QED) is 0.242. The molecular formula is C28H24Cl2N4O2S. The molecule has 0 bridgehead atoms. The number of benzene rings is 2.